The average Bonchev–Trinajstić information content (AvgIpc) is 2.93. The Kier molecular flexibility index (Phi) is 2.38. The third-order valence-electron chi connectivity index (χ3n) is 5.03. The molecular weight excluding hydrogens is 268 g/mol. The Bertz CT molecular complexity index is 603. The molecule has 3 fully saturated rings. The Morgan fingerprint density at radius 2 is 1.90 bits per heavy atom. The van der Waals surface area contributed by atoms with Gasteiger partial charge in [-0.15, -0.1) is 0 Å². The summed E-state index contributed by atoms with van der Waals surface area (Å²) in [6.07, 6.45) is 6.61. The second-order valence-electron chi connectivity index (χ2n) is 6.45. The van der Waals surface area contributed by atoms with Gasteiger partial charge in [-0.1, -0.05) is 11.3 Å². The van der Waals surface area contributed by atoms with Gasteiger partial charge in [-0.3, -0.25) is 9.88 Å². The van der Waals surface area contributed by atoms with Gasteiger partial charge in [0.25, 0.3) is 0 Å². The van der Waals surface area contributed by atoms with Crippen LogP contribution in [0.5, 0.6) is 0 Å². The van der Waals surface area contributed by atoms with Crippen LogP contribution in [0, 0.1) is 11.8 Å². The van der Waals surface area contributed by atoms with Crippen LogP contribution >= 0.6 is 11.3 Å². The molecule has 2 saturated heterocycles. The monoisotopic (exact) mass is 286 g/mol. The van der Waals surface area contributed by atoms with Crippen molar-refractivity contribution in [2.75, 3.05) is 31.1 Å². The highest BCUT2D eigenvalue weighted by atomic mass is 32.1. The first-order valence-corrected chi connectivity index (χ1v) is 8.38. The van der Waals surface area contributed by atoms with E-state index in [1.807, 2.05) is 23.7 Å². The van der Waals surface area contributed by atoms with Crippen LogP contribution in [0.4, 0.5) is 5.13 Å². The molecule has 3 aliphatic rings. The smallest absolute Gasteiger partial charge is 0.186 e. The summed E-state index contributed by atoms with van der Waals surface area (Å²) in [4.78, 5) is 14.2. The number of thiazole rings is 1. The summed E-state index contributed by atoms with van der Waals surface area (Å²) in [7, 11) is 0. The number of aromatic nitrogens is 2. The zero-order valence-corrected chi connectivity index (χ0v) is 12.2. The fourth-order valence-electron chi connectivity index (χ4n) is 3.83. The number of nitrogens with zero attached hydrogens (tertiary/aromatic N) is 4. The molecule has 0 spiro atoms. The van der Waals surface area contributed by atoms with Crippen LogP contribution in [0.15, 0.2) is 18.5 Å². The van der Waals surface area contributed by atoms with Crippen LogP contribution in [0.1, 0.15) is 12.8 Å². The van der Waals surface area contributed by atoms with E-state index in [1.165, 1.54) is 48.9 Å². The van der Waals surface area contributed by atoms with Crippen molar-refractivity contribution >= 4 is 26.7 Å². The third-order valence-corrected chi connectivity index (χ3v) is 6.12. The molecule has 0 bridgehead atoms. The zero-order chi connectivity index (χ0) is 13.1. The van der Waals surface area contributed by atoms with Crippen molar-refractivity contribution in [2.45, 2.75) is 18.9 Å². The Labute approximate surface area is 122 Å². The maximum Gasteiger partial charge on any atom is 0.186 e. The van der Waals surface area contributed by atoms with E-state index in [4.69, 9.17) is 4.98 Å². The van der Waals surface area contributed by atoms with Gasteiger partial charge in [0.05, 0.1) is 10.9 Å². The highest BCUT2D eigenvalue weighted by Crippen LogP contribution is 2.40. The van der Waals surface area contributed by atoms with Crippen LogP contribution < -0.4 is 4.90 Å². The van der Waals surface area contributed by atoms with Crippen molar-refractivity contribution in [3.05, 3.63) is 18.5 Å². The summed E-state index contributed by atoms with van der Waals surface area (Å²) < 4.78 is 1.26. The largest absolute Gasteiger partial charge is 0.347 e. The van der Waals surface area contributed by atoms with Gasteiger partial charge in [-0.25, -0.2) is 4.98 Å². The molecule has 2 aromatic rings. The Balaban J connectivity index is 1.36. The summed E-state index contributed by atoms with van der Waals surface area (Å²) >= 11 is 1.81. The summed E-state index contributed by atoms with van der Waals surface area (Å²) in [5, 5.41) is 1.19. The van der Waals surface area contributed by atoms with E-state index in [2.05, 4.69) is 20.9 Å². The Hall–Kier alpha value is -1.20. The van der Waals surface area contributed by atoms with E-state index < -0.39 is 0 Å². The first-order chi connectivity index (χ1) is 9.87. The lowest BCUT2D eigenvalue weighted by Gasteiger charge is -2.20. The van der Waals surface area contributed by atoms with Crippen LogP contribution in [0.3, 0.4) is 0 Å². The highest BCUT2D eigenvalue weighted by molar-refractivity contribution is 7.22. The molecule has 4 heterocycles. The summed E-state index contributed by atoms with van der Waals surface area (Å²) in [6, 6.07) is 3.00. The predicted molar refractivity (Wildman–Crippen MR) is 81.2 cm³/mol. The molecule has 5 rings (SSSR count). The first kappa shape index (κ1) is 11.5. The molecule has 1 saturated carbocycles. The topological polar surface area (TPSA) is 32.3 Å². The van der Waals surface area contributed by atoms with E-state index >= 15 is 0 Å². The van der Waals surface area contributed by atoms with Crippen LogP contribution in [-0.2, 0) is 0 Å². The van der Waals surface area contributed by atoms with E-state index in [9.17, 15) is 0 Å². The molecule has 2 aliphatic heterocycles. The number of anilines is 1. The Morgan fingerprint density at radius 1 is 1.10 bits per heavy atom. The van der Waals surface area contributed by atoms with E-state index in [0.717, 1.165) is 23.4 Å². The molecular formula is C15H18N4S. The van der Waals surface area contributed by atoms with Gasteiger partial charge >= 0.3 is 0 Å². The molecule has 4 nitrogen and oxygen atoms in total. The van der Waals surface area contributed by atoms with Crippen molar-refractivity contribution in [1.29, 1.82) is 0 Å². The number of hydrogen-bond donors (Lipinski definition) is 0. The molecule has 1 aliphatic carbocycles. The molecule has 104 valence electrons. The van der Waals surface area contributed by atoms with Crippen LogP contribution in [-0.4, -0.2) is 47.1 Å². The number of hydrogen-bond acceptors (Lipinski definition) is 5. The summed E-state index contributed by atoms with van der Waals surface area (Å²) in [6.45, 7) is 5.03. The molecule has 0 N–H and O–H groups in total. The fraction of sp³-hybridized carbons (Fsp3) is 0.600. The van der Waals surface area contributed by atoms with Gasteiger partial charge in [-0.2, -0.15) is 0 Å². The third kappa shape index (κ3) is 1.76. The summed E-state index contributed by atoms with van der Waals surface area (Å²) in [5.74, 6) is 1.72. The molecule has 0 radical (unpaired) electrons. The number of rotatable bonds is 2. The molecule has 5 heteroatoms. The van der Waals surface area contributed by atoms with Crippen LogP contribution in [0.25, 0.3) is 10.2 Å². The van der Waals surface area contributed by atoms with Crippen molar-refractivity contribution < 1.29 is 0 Å². The number of fused-ring (bicyclic) bond motifs is 2. The van der Waals surface area contributed by atoms with E-state index in [0.29, 0.717) is 0 Å². The Morgan fingerprint density at radius 3 is 2.60 bits per heavy atom. The fourth-order valence-corrected chi connectivity index (χ4v) is 4.78. The number of likely N-dealkylation sites (tertiary alicyclic amines) is 1. The molecule has 0 amide bonds. The minimum absolute atomic E-state index is 0.862. The lowest BCUT2D eigenvalue weighted by Crippen LogP contribution is -2.30. The molecule has 2 atom stereocenters. The van der Waals surface area contributed by atoms with Gasteiger partial charge in [0, 0.05) is 38.4 Å². The zero-order valence-electron chi connectivity index (χ0n) is 11.4. The maximum atomic E-state index is 4.76. The van der Waals surface area contributed by atoms with Crippen molar-refractivity contribution in [1.82, 2.24) is 14.9 Å². The lowest BCUT2D eigenvalue weighted by atomic mass is 10.0. The van der Waals surface area contributed by atoms with Crippen molar-refractivity contribution in [3.8, 4) is 0 Å². The van der Waals surface area contributed by atoms with Gasteiger partial charge in [0.1, 0.15) is 5.52 Å². The quantitative estimate of drug-likeness (QED) is 0.847. The second-order valence-corrected chi connectivity index (χ2v) is 7.46. The molecule has 20 heavy (non-hydrogen) atoms. The number of pyridine rings is 1. The first-order valence-electron chi connectivity index (χ1n) is 7.56. The van der Waals surface area contributed by atoms with Gasteiger partial charge in [-0.05, 0) is 30.7 Å². The summed E-state index contributed by atoms with van der Waals surface area (Å²) in [5.41, 5.74) is 1.05. The maximum absolute atomic E-state index is 4.76. The van der Waals surface area contributed by atoms with Gasteiger partial charge in [0.15, 0.2) is 5.13 Å². The lowest BCUT2D eigenvalue weighted by molar-refractivity contribution is 0.306. The van der Waals surface area contributed by atoms with E-state index in [1.54, 1.807) is 0 Å². The minimum Gasteiger partial charge on any atom is -0.347 e. The minimum atomic E-state index is 0.862. The predicted octanol–water partition coefficient (Wildman–Crippen LogP) is 2.22. The molecule has 2 aromatic heterocycles. The molecule has 2 unspecified atom stereocenters. The van der Waals surface area contributed by atoms with Crippen LogP contribution in [0.2, 0.25) is 0 Å². The average molecular weight is 286 g/mol. The highest BCUT2D eigenvalue weighted by Gasteiger charge is 2.44. The normalized spacial score (nSPS) is 30.3. The standard InChI is InChI=1S/C15H18N4S/c1-2-12(1)18-6-10-8-19(9-11(10)7-18)15-17-13-5-16-4-3-14(13)20-15/h3-5,10-12H,1-2,6-9H2. The van der Waals surface area contributed by atoms with Crippen molar-refractivity contribution in [3.63, 3.8) is 0 Å². The second kappa shape index (κ2) is 4.15. The van der Waals surface area contributed by atoms with Gasteiger partial charge < -0.3 is 4.90 Å². The SMILES string of the molecule is c1cc2sc(N3CC4CN(C5CC5)CC4C3)nc2cn1. The van der Waals surface area contributed by atoms with E-state index in [-0.39, 0.29) is 0 Å². The molecule has 0 aromatic carbocycles. The van der Waals surface area contributed by atoms with Crippen molar-refractivity contribution in [2.24, 2.45) is 11.8 Å². The van der Waals surface area contributed by atoms with Gasteiger partial charge in [0.2, 0.25) is 0 Å².